The Balaban J connectivity index is 2.34. The van der Waals surface area contributed by atoms with E-state index in [0.29, 0.717) is 11.6 Å². The quantitative estimate of drug-likeness (QED) is 0.794. The molecule has 0 saturated carbocycles. The zero-order chi connectivity index (χ0) is 11.5. The molecule has 2 heterocycles. The fraction of sp³-hybridized carbons (Fsp3) is 0.636. The van der Waals surface area contributed by atoms with Gasteiger partial charge in [0.15, 0.2) is 0 Å². The third-order valence-electron chi connectivity index (χ3n) is 2.96. The zero-order valence-electron chi connectivity index (χ0n) is 9.45. The summed E-state index contributed by atoms with van der Waals surface area (Å²) in [6.07, 6.45) is 5.28. The van der Waals surface area contributed by atoms with Crippen molar-refractivity contribution in [3.63, 3.8) is 0 Å². The van der Waals surface area contributed by atoms with E-state index < -0.39 is 0 Å². The van der Waals surface area contributed by atoms with E-state index in [-0.39, 0.29) is 5.56 Å². The van der Waals surface area contributed by atoms with Crippen molar-refractivity contribution in [1.29, 1.82) is 0 Å². The monoisotopic (exact) mass is 241 g/mol. The van der Waals surface area contributed by atoms with Gasteiger partial charge in [0, 0.05) is 19.6 Å². The number of anilines is 1. The Labute approximate surface area is 99.8 Å². The van der Waals surface area contributed by atoms with E-state index in [2.05, 4.69) is 10.00 Å². The van der Waals surface area contributed by atoms with Crippen LogP contribution in [0.5, 0.6) is 0 Å². The minimum atomic E-state index is -0.188. The van der Waals surface area contributed by atoms with Gasteiger partial charge in [-0.15, -0.1) is 0 Å². The minimum Gasteiger partial charge on any atom is -0.369 e. The molecule has 0 N–H and O–H groups in total. The van der Waals surface area contributed by atoms with Crippen LogP contribution in [-0.4, -0.2) is 22.9 Å². The molecule has 0 aliphatic carbocycles. The number of piperidine rings is 1. The average Bonchev–Trinajstić information content (AvgIpc) is 2.34. The Morgan fingerprint density at radius 1 is 1.38 bits per heavy atom. The summed E-state index contributed by atoms with van der Waals surface area (Å²) in [7, 11) is 0. The van der Waals surface area contributed by atoms with Gasteiger partial charge in [0.25, 0.3) is 5.56 Å². The number of rotatable bonds is 2. The Morgan fingerprint density at radius 3 is 2.69 bits per heavy atom. The first-order chi connectivity index (χ1) is 7.74. The second-order valence-electron chi connectivity index (χ2n) is 4.01. The fourth-order valence-electron chi connectivity index (χ4n) is 2.04. The highest BCUT2D eigenvalue weighted by molar-refractivity contribution is 6.33. The lowest BCUT2D eigenvalue weighted by Crippen LogP contribution is -2.32. The van der Waals surface area contributed by atoms with Crippen molar-refractivity contribution in [3.8, 4) is 0 Å². The maximum atomic E-state index is 11.8. The van der Waals surface area contributed by atoms with E-state index in [4.69, 9.17) is 11.6 Å². The number of nitrogens with zero attached hydrogens (tertiary/aromatic N) is 3. The Hall–Kier alpha value is -1.03. The van der Waals surface area contributed by atoms with Crippen LogP contribution in [-0.2, 0) is 6.54 Å². The van der Waals surface area contributed by atoms with Gasteiger partial charge in [-0.1, -0.05) is 11.6 Å². The smallest absolute Gasteiger partial charge is 0.287 e. The zero-order valence-corrected chi connectivity index (χ0v) is 10.2. The molecule has 88 valence electrons. The number of halogens is 1. The first-order valence-electron chi connectivity index (χ1n) is 5.74. The van der Waals surface area contributed by atoms with Gasteiger partial charge < -0.3 is 4.90 Å². The van der Waals surface area contributed by atoms with Gasteiger partial charge in [0.1, 0.15) is 5.02 Å². The van der Waals surface area contributed by atoms with Gasteiger partial charge in [-0.2, -0.15) is 5.10 Å². The molecule has 0 amide bonds. The van der Waals surface area contributed by atoms with E-state index in [1.807, 2.05) is 6.92 Å². The SMILES string of the molecule is CCn1ncc(N2CCCCC2)c(Cl)c1=O. The van der Waals surface area contributed by atoms with Crippen molar-refractivity contribution >= 4 is 17.3 Å². The van der Waals surface area contributed by atoms with Crippen LogP contribution in [0.25, 0.3) is 0 Å². The van der Waals surface area contributed by atoms with Crippen molar-refractivity contribution in [1.82, 2.24) is 9.78 Å². The van der Waals surface area contributed by atoms with Gasteiger partial charge >= 0.3 is 0 Å². The molecule has 0 bridgehead atoms. The normalized spacial score (nSPS) is 16.5. The summed E-state index contributed by atoms with van der Waals surface area (Å²) >= 11 is 6.10. The van der Waals surface area contributed by atoms with Crippen molar-refractivity contribution in [3.05, 3.63) is 21.6 Å². The highest BCUT2D eigenvalue weighted by Gasteiger charge is 2.17. The fourth-order valence-corrected chi connectivity index (χ4v) is 2.30. The van der Waals surface area contributed by atoms with Crippen molar-refractivity contribution in [2.45, 2.75) is 32.7 Å². The van der Waals surface area contributed by atoms with Crippen LogP contribution in [0.4, 0.5) is 5.69 Å². The van der Waals surface area contributed by atoms with E-state index in [1.54, 1.807) is 6.20 Å². The average molecular weight is 242 g/mol. The number of aromatic nitrogens is 2. The molecule has 2 rings (SSSR count). The van der Waals surface area contributed by atoms with Gasteiger partial charge in [-0.05, 0) is 26.2 Å². The van der Waals surface area contributed by atoms with Crippen molar-refractivity contribution in [2.24, 2.45) is 0 Å². The first-order valence-corrected chi connectivity index (χ1v) is 6.12. The minimum absolute atomic E-state index is 0.188. The summed E-state index contributed by atoms with van der Waals surface area (Å²) in [5, 5.41) is 4.42. The van der Waals surface area contributed by atoms with E-state index >= 15 is 0 Å². The molecule has 1 aromatic heterocycles. The molecule has 0 spiro atoms. The molecule has 5 heteroatoms. The lowest BCUT2D eigenvalue weighted by atomic mass is 10.1. The summed E-state index contributed by atoms with van der Waals surface area (Å²) in [6, 6.07) is 0. The lowest BCUT2D eigenvalue weighted by molar-refractivity contribution is 0.569. The van der Waals surface area contributed by atoms with Crippen LogP contribution in [0.15, 0.2) is 11.0 Å². The first kappa shape index (κ1) is 11.5. The predicted molar refractivity (Wildman–Crippen MR) is 65.2 cm³/mol. The summed E-state index contributed by atoms with van der Waals surface area (Å²) in [6.45, 7) is 4.37. The predicted octanol–water partition coefficient (Wildman–Crippen LogP) is 1.91. The molecule has 1 aromatic rings. The third kappa shape index (κ3) is 2.07. The second-order valence-corrected chi connectivity index (χ2v) is 4.39. The molecule has 0 radical (unpaired) electrons. The summed E-state index contributed by atoms with van der Waals surface area (Å²) in [5.74, 6) is 0. The third-order valence-corrected chi connectivity index (χ3v) is 3.32. The maximum absolute atomic E-state index is 11.8. The molecule has 0 unspecified atom stereocenters. The molecule has 1 aliphatic rings. The Morgan fingerprint density at radius 2 is 2.06 bits per heavy atom. The largest absolute Gasteiger partial charge is 0.369 e. The Kier molecular flexibility index (Phi) is 3.49. The topological polar surface area (TPSA) is 38.1 Å². The molecule has 0 aromatic carbocycles. The number of hydrogen-bond acceptors (Lipinski definition) is 3. The summed E-state index contributed by atoms with van der Waals surface area (Å²) < 4.78 is 1.38. The van der Waals surface area contributed by atoms with E-state index in [0.717, 1.165) is 31.6 Å². The summed E-state index contributed by atoms with van der Waals surface area (Å²) in [4.78, 5) is 14.0. The molecule has 1 saturated heterocycles. The molecule has 1 fully saturated rings. The number of aryl methyl sites for hydroxylation is 1. The number of hydrogen-bond donors (Lipinski definition) is 0. The van der Waals surface area contributed by atoms with Gasteiger partial charge in [-0.3, -0.25) is 4.79 Å². The maximum Gasteiger partial charge on any atom is 0.287 e. The second kappa shape index (κ2) is 4.87. The molecule has 1 aliphatic heterocycles. The highest BCUT2D eigenvalue weighted by Crippen LogP contribution is 2.24. The van der Waals surface area contributed by atoms with Crippen molar-refractivity contribution < 1.29 is 0 Å². The van der Waals surface area contributed by atoms with E-state index in [1.165, 1.54) is 11.1 Å². The standard InChI is InChI=1S/C11H16ClN3O/c1-2-15-11(16)10(12)9(8-13-15)14-6-4-3-5-7-14/h8H,2-7H2,1H3. The van der Waals surface area contributed by atoms with Crippen LogP contribution >= 0.6 is 11.6 Å². The van der Waals surface area contributed by atoms with Crippen LogP contribution in [0, 0.1) is 0 Å². The molecular formula is C11H16ClN3O. The lowest BCUT2D eigenvalue weighted by Gasteiger charge is -2.29. The Bertz CT molecular complexity index is 424. The van der Waals surface area contributed by atoms with Crippen molar-refractivity contribution in [2.75, 3.05) is 18.0 Å². The van der Waals surface area contributed by atoms with Crippen LogP contribution in [0.1, 0.15) is 26.2 Å². The van der Waals surface area contributed by atoms with Gasteiger partial charge in [-0.25, -0.2) is 4.68 Å². The van der Waals surface area contributed by atoms with Crippen LogP contribution in [0.2, 0.25) is 5.02 Å². The summed E-state index contributed by atoms with van der Waals surface area (Å²) in [5.41, 5.74) is 0.600. The van der Waals surface area contributed by atoms with Gasteiger partial charge in [0.2, 0.25) is 0 Å². The van der Waals surface area contributed by atoms with E-state index in [9.17, 15) is 4.79 Å². The van der Waals surface area contributed by atoms with Crippen LogP contribution in [0.3, 0.4) is 0 Å². The molecule has 0 atom stereocenters. The highest BCUT2D eigenvalue weighted by atomic mass is 35.5. The molecular weight excluding hydrogens is 226 g/mol. The van der Waals surface area contributed by atoms with Crippen LogP contribution < -0.4 is 10.5 Å². The molecule has 16 heavy (non-hydrogen) atoms. The van der Waals surface area contributed by atoms with Gasteiger partial charge in [0.05, 0.1) is 11.9 Å². The molecule has 4 nitrogen and oxygen atoms in total.